The van der Waals surface area contributed by atoms with Crippen LogP contribution in [0.5, 0.6) is 0 Å². The molecule has 0 heterocycles. The second-order valence-electron chi connectivity index (χ2n) is 4.52. The van der Waals surface area contributed by atoms with Crippen LogP contribution in [0.3, 0.4) is 0 Å². The van der Waals surface area contributed by atoms with Crippen molar-refractivity contribution in [3.8, 4) is 0 Å². The SMILES string of the molecule is ClC1CCCCC1NCCSc1ccccc1. The molecule has 2 atom stereocenters. The molecule has 1 aromatic rings. The third-order valence-electron chi connectivity index (χ3n) is 3.20. The predicted octanol–water partition coefficient (Wildman–Crippen LogP) is 3.92. The quantitative estimate of drug-likeness (QED) is 0.494. The summed E-state index contributed by atoms with van der Waals surface area (Å²) in [6, 6.07) is 11.1. The Balaban J connectivity index is 1.63. The first-order valence-corrected chi connectivity index (χ1v) is 7.84. The van der Waals surface area contributed by atoms with E-state index in [0.717, 1.165) is 12.3 Å². The molecule has 3 heteroatoms. The van der Waals surface area contributed by atoms with E-state index in [-0.39, 0.29) is 0 Å². The Morgan fingerprint density at radius 2 is 1.94 bits per heavy atom. The molecule has 1 aromatic carbocycles. The van der Waals surface area contributed by atoms with Crippen LogP contribution in [-0.4, -0.2) is 23.7 Å². The lowest BCUT2D eigenvalue weighted by Crippen LogP contribution is -2.40. The maximum absolute atomic E-state index is 6.31. The van der Waals surface area contributed by atoms with Gasteiger partial charge in [0, 0.05) is 28.6 Å². The largest absolute Gasteiger partial charge is 0.312 e. The minimum atomic E-state index is 0.338. The van der Waals surface area contributed by atoms with E-state index in [0.29, 0.717) is 11.4 Å². The monoisotopic (exact) mass is 269 g/mol. The van der Waals surface area contributed by atoms with E-state index in [2.05, 4.69) is 35.6 Å². The number of hydrogen-bond donors (Lipinski definition) is 1. The Bertz CT molecular complexity index is 317. The van der Waals surface area contributed by atoms with Crippen LogP contribution >= 0.6 is 23.4 Å². The zero-order valence-electron chi connectivity index (χ0n) is 10.1. The Labute approximate surface area is 113 Å². The van der Waals surface area contributed by atoms with Crippen molar-refractivity contribution in [2.75, 3.05) is 12.3 Å². The number of thioether (sulfide) groups is 1. The summed E-state index contributed by atoms with van der Waals surface area (Å²) in [5, 5.41) is 3.93. The molecule has 0 radical (unpaired) electrons. The number of benzene rings is 1. The molecule has 1 nitrogen and oxygen atoms in total. The van der Waals surface area contributed by atoms with Gasteiger partial charge in [-0.2, -0.15) is 0 Å². The molecule has 1 saturated carbocycles. The normalized spacial score (nSPS) is 24.8. The molecule has 0 bridgehead atoms. The predicted molar refractivity (Wildman–Crippen MR) is 77.1 cm³/mol. The summed E-state index contributed by atoms with van der Waals surface area (Å²) in [5.74, 6) is 1.12. The molecule has 17 heavy (non-hydrogen) atoms. The van der Waals surface area contributed by atoms with Crippen molar-refractivity contribution in [3.63, 3.8) is 0 Å². The van der Waals surface area contributed by atoms with Crippen LogP contribution in [0.4, 0.5) is 0 Å². The smallest absolute Gasteiger partial charge is 0.0489 e. The van der Waals surface area contributed by atoms with Crippen LogP contribution in [0.2, 0.25) is 0 Å². The highest BCUT2D eigenvalue weighted by Crippen LogP contribution is 2.23. The lowest BCUT2D eigenvalue weighted by Gasteiger charge is -2.27. The number of rotatable bonds is 5. The fraction of sp³-hybridized carbons (Fsp3) is 0.571. The van der Waals surface area contributed by atoms with Crippen molar-refractivity contribution in [1.82, 2.24) is 5.32 Å². The van der Waals surface area contributed by atoms with Crippen LogP contribution in [0.1, 0.15) is 25.7 Å². The van der Waals surface area contributed by atoms with E-state index in [4.69, 9.17) is 11.6 Å². The number of hydrogen-bond acceptors (Lipinski definition) is 2. The van der Waals surface area contributed by atoms with Crippen molar-refractivity contribution in [2.24, 2.45) is 0 Å². The van der Waals surface area contributed by atoms with Crippen LogP contribution in [0.15, 0.2) is 35.2 Å². The highest BCUT2D eigenvalue weighted by atomic mass is 35.5. The number of halogens is 1. The second-order valence-corrected chi connectivity index (χ2v) is 6.25. The zero-order chi connectivity index (χ0) is 11.9. The van der Waals surface area contributed by atoms with E-state index >= 15 is 0 Å². The topological polar surface area (TPSA) is 12.0 Å². The third kappa shape index (κ3) is 4.53. The minimum absolute atomic E-state index is 0.338. The fourth-order valence-electron chi connectivity index (χ4n) is 2.25. The Kier molecular flexibility index (Phi) is 5.69. The highest BCUT2D eigenvalue weighted by molar-refractivity contribution is 7.99. The van der Waals surface area contributed by atoms with E-state index in [1.54, 1.807) is 0 Å². The molecule has 2 rings (SSSR count). The molecule has 1 aliphatic rings. The van der Waals surface area contributed by atoms with E-state index < -0.39 is 0 Å². The summed E-state index contributed by atoms with van der Waals surface area (Å²) < 4.78 is 0. The standard InChI is InChI=1S/C14H20ClNS/c15-13-8-4-5-9-14(13)16-10-11-17-12-6-2-1-3-7-12/h1-3,6-7,13-14,16H,4-5,8-11H2. The van der Waals surface area contributed by atoms with Crippen LogP contribution < -0.4 is 5.32 Å². The van der Waals surface area contributed by atoms with E-state index in [1.807, 2.05) is 11.8 Å². The summed E-state index contributed by atoms with van der Waals surface area (Å²) in [7, 11) is 0. The zero-order valence-corrected chi connectivity index (χ0v) is 11.6. The maximum Gasteiger partial charge on any atom is 0.0489 e. The molecular formula is C14H20ClNS. The van der Waals surface area contributed by atoms with Gasteiger partial charge in [-0.15, -0.1) is 23.4 Å². The Morgan fingerprint density at radius 3 is 2.71 bits per heavy atom. The first kappa shape index (κ1) is 13.3. The summed E-state index contributed by atoms with van der Waals surface area (Å²) in [6.45, 7) is 1.05. The number of alkyl halides is 1. The van der Waals surface area contributed by atoms with Crippen molar-refractivity contribution >= 4 is 23.4 Å². The van der Waals surface area contributed by atoms with Gasteiger partial charge in [-0.3, -0.25) is 0 Å². The van der Waals surface area contributed by atoms with Crippen LogP contribution in [0, 0.1) is 0 Å². The second kappa shape index (κ2) is 7.30. The van der Waals surface area contributed by atoms with Gasteiger partial charge in [0.15, 0.2) is 0 Å². The van der Waals surface area contributed by atoms with Gasteiger partial charge in [0.2, 0.25) is 0 Å². The summed E-state index contributed by atoms with van der Waals surface area (Å²) in [6.07, 6.45) is 5.03. The third-order valence-corrected chi connectivity index (χ3v) is 4.74. The first-order chi connectivity index (χ1) is 8.36. The fourth-order valence-corrected chi connectivity index (χ4v) is 3.42. The molecular weight excluding hydrogens is 250 g/mol. The van der Waals surface area contributed by atoms with Gasteiger partial charge in [0.05, 0.1) is 0 Å². The average molecular weight is 270 g/mol. The van der Waals surface area contributed by atoms with Crippen LogP contribution in [0.25, 0.3) is 0 Å². The van der Waals surface area contributed by atoms with Gasteiger partial charge >= 0.3 is 0 Å². The van der Waals surface area contributed by atoms with E-state index in [1.165, 1.54) is 30.6 Å². The molecule has 0 aliphatic heterocycles. The summed E-state index contributed by atoms with van der Waals surface area (Å²) in [4.78, 5) is 1.35. The molecule has 0 saturated heterocycles. The molecule has 0 spiro atoms. The highest BCUT2D eigenvalue weighted by Gasteiger charge is 2.21. The van der Waals surface area contributed by atoms with Gasteiger partial charge in [-0.05, 0) is 25.0 Å². The molecule has 1 N–H and O–H groups in total. The van der Waals surface area contributed by atoms with Gasteiger partial charge < -0.3 is 5.32 Å². The molecule has 0 amide bonds. The Hall–Kier alpha value is -0.180. The van der Waals surface area contributed by atoms with E-state index in [9.17, 15) is 0 Å². The van der Waals surface area contributed by atoms with Gasteiger partial charge in [0.25, 0.3) is 0 Å². The average Bonchev–Trinajstić information content (AvgIpc) is 2.38. The van der Waals surface area contributed by atoms with Gasteiger partial charge in [-0.25, -0.2) is 0 Å². The van der Waals surface area contributed by atoms with Crippen molar-refractivity contribution < 1.29 is 0 Å². The number of nitrogens with one attached hydrogen (secondary N) is 1. The molecule has 0 aromatic heterocycles. The lowest BCUT2D eigenvalue weighted by atomic mass is 9.95. The minimum Gasteiger partial charge on any atom is -0.312 e. The Morgan fingerprint density at radius 1 is 1.18 bits per heavy atom. The molecule has 1 aliphatic carbocycles. The van der Waals surface area contributed by atoms with Gasteiger partial charge in [0.1, 0.15) is 0 Å². The summed E-state index contributed by atoms with van der Waals surface area (Å²) in [5.41, 5.74) is 0. The van der Waals surface area contributed by atoms with Crippen molar-refractivity contribution in [2.45, 2.75) is 42.0 Å². The van der Waals surface area contributed by atoms with Crippen molar-refractivity contribution in [1.29, 1.82) is 0 Å². The molecule has 1 fully saturated rings. The molecule has 94 valence electrons. The van der Waals surface area contributed by atoms with Crippen LogP contribution in [-0.2, 0) is 0 Å². The molecule has 2 unspecified atom stereocenters. The lowest BCUT2D eigenvalue weighted by molar-refractivity contribution is 0.387. The summed E-state index contributed by atoms with van der Waals surface area (Å²) >= 11 is 8.21. The van der Waals surface area contributed by atoms with Gasteiger partial charge in [-0.1, -0.05) is 31.0 Å². The first-order valence-electron chi connectivity index (χ1n) is 6.41. The van der Waals surface area contributed by atoms with Crippen molar-refractivity contribution in [3.05, 3.63) is 30.3 Å². The maximum atomic E-state index is 6.31.